The van der Waals surface area contributed by atoms with Gasteiger partial charge < -0.3 is 18.9 Å². The number of aromatic nitrogens is 1. The van der Waals surface area contributed by atoms with Crippen LogP contribution in [0.15, 0.2) is 10.6 Å². The van der Waals surface area contributed by atoms with Gasteiger partial charge in [-0.3, -0.25) is 0 Å². The van der Waals surface area contributed by atoms with Crippen LogP contribution in [0.4, 0.5) is 4.79 Å². The number of ether oxygens (including phenoxy) is 2. The summed E-state index contributed by atoms with van der Waals surface area (Å²) in [6.07, 6.45) is 1.59. The van der Waals surface area contributed by atoms with Crippen LogP contribution < -0.4 is 4.74 Å². The van der Waals surface area contributed by atoms with Gasteiger partial charge in [-0.1, -0.05) is 20.8 Å². The summed E-state index contributed by atoms with van der Waals surface area (Å²) in [7, 11) is 0. The first-order chi connectivity index (χ1) is 11.7. The summed E-state index contributed by atoms with van der Waals surface area (Å²) in [6, 6.07) is 1.89. The van der Waals surface area contributed by atoms with Crippen LogP contribution in [0.5, 0.6) is 5.88 Å². The zero-order valence-electron chi connectivity index (χ0n) is 16.4. The summed E-state index contributed by atoms with van der Waals surface area (Å²) in [5.74, 6) is 2.66. The average molecular weight is 352 g/mol. The van der Waals surface area contributed by atoms with Gasteiger partial charge in [0.1, 0.15) is 11.4 Å². The molecule has 1 atom stereocenters. The number of rotatable bonds is 5. The van der Waals surface area contributed by atoms with E-state index >= 15 is 0 Å². The van der Waals surface area contributed by atoms with E-state index in [1.54, 1.807) is 4.90 Å². The first-order valence-electron chi connectivity index (χ1n) is 9.23. The van der Waals surface area contributed by atoms with Crippen LogP contribution in [0, 0.1) is 11.8 Å². The number of nitrogens with zero attached hydrogens (tertiary/aromatic N) is 2. The van der Waals surface area contributed by atoms with E-state index in [-0.39, 0.29) is 6.09 Å². The molecular weight excluding hydrogens is 320 g/mol. The molecule has 1 saturated heterocycles. The Morgan fingerprint density at radius 3 is 2.52 bits per heavy atom. The number of amides is 1. The van der Waals surface area contributed by atoms with Crippen LogP contribution in [-0.2, 0) is 4.74 Å². The second kappa shape index (κ2) is 8.11. The van der Waals surface area contributed by atoms with Crippen LogP contribution in [0.3, 0.4) is 0 Å². The molecule has 6 heteroatoms. The largest absolute Gasteiger partial charge is 0.475 e. The SMILES string of the molecule is CC(C)C(C)c1cc(OCC2CCN(C(=O)OC(C)(C)C)CC2)no1. The Morgan fingerprint density at radius 1 is 1.32 bits per heavy atom. The Bertz CT molecular complexity index is 554. The molecule has 0 radical (unpaired) electrons. The van der Waals surface area contributed by atoms with E-state index < -0.39 is 5.60 Å². The van der Waals surface area contributed by atoms with Crippen molar-refractivity contribution in [3.63, 3.8) is 0 Å². The van der Waals surface area contributed by atoms with Crippen molar-refractivity contribution >= 4 is 6.09 Å². The van der Waals surface area contributed by atoms with Crippen molar-refractivity contribution in [1.82, 2.24) is 10.1 Å². The van der Waals surface area contributed by atoms with E-state index in [1.807, 2.05) is 26.8 Å². The highest BCUT2D eigenvalue weighted by Gasteiger charge is 2.27. The molecule has 1 aromatic heterocycles. The van der Waals surface area contributed by atoms with Crippen LogP contribution in [0.25, 0.3) is 0 Å². The Balaban J connectivity index is 1.75. The summed E-state index contributed by atoms with van der Waals surface area (Å²) in [6.45, 7) is 14.1. The first kappa shape index (κ1) is 19.6. The molecule has 2 heterocycles. The van der Waals surface area contributed by atoms with E-state index in [4.69, 9.17) is 14.0 Å². The molecule has 1 aromatic rings. The molecule has 0 N–H and O–H groups in total. The second-order valence-corrected chi connectivity index (χ2v) is 8.32. The molecule has 0 spiro atoms. The quantitative estimate of drug-likeness (QED) is 0.783. The summed E-state index contributed by atoms with van der Waals surface area (Å²) in [4.78, 5) is 13.8. The van der Waals surface area contributed by atoms with Gasteiger partial charge in [-0.2, -0.15) is 0 Å². The Labute approximate surface area is 150 Å². The minimum atomic E-state index is -0.450. The maximum absolute atomic E-state index is 12.1. The maximum atomic E-state index is 12.1. The molecule has 1 aliphatic rings. The van der Waals surface area contributed by atoms with Crippen molar-refractivity contribution < 1.29 is 18.8 Å². The predicted molar refractivity (Wildman–Crippen MR) is 95.8 cm³/mol. The summed E-state index contributed by atoms with van der Waals surface area (Å²) in [5.41, 5.74) is -0.450. The fraction of sp³-hybridized carbons (Fsp3) is 0.789. The van der Waals surface area contributed by atoms with Crippen LogP contribution in [-0.4, -0.2) is 41.4 Å². The van der Waals surface area contributed by atoms with Crippen molar-refractivity contribution in [2.24, 2.45) is 11.8 Å². The molecule has 0 aliphatic carbocycles. The molecule has 2 rings (SSSR count). The lowest BCUT2D eigenvalue weighted by atomic mass is 9.96. The van der Waals surface area contributed by atoms with E-state index in [1.165, 1.54) is 0 Å². The third kappa shape index (κ3) is 5.94. The highest BCUT2D eigenvalue weighted by molar-refractivity contribution is 5.68. The maximum Gasteiger partial charge on any atom is 0.410 e. The lowest BCUT2D eigenvalue weighted by molar-refractivity contribution is 0.0163. The van der Waals surface area contributed by atoms with E-state index in [9.17, 15) is 4.79 Å². The standard InChI is InChI=1S/C19H32N2O4/c1-13(2)14(3)16-11-17(20-25-16)23-12-15-7-9-21(10-8-15)18(22)24-19(4,5)6/h11,13-15H,7-10,12H2,1-6H3. The smallest absolute Gasteiger partial charge is 0.410 e. The molecule has 0 saturated carbocycles. The zero-order valence-corrected chi connectivity index (χ0v) is 16.4. The normalized spacial score (nSPS) is 17.6. The van der Waals surface area contributed by atoms with Crippen molar-refractivity contribution in [1.29, 1.82) is 0 Å². The Morgan fingerprint density at radius 2 is 1.96 bits per heavy atom. The summed E-state index contributed by atoms with van der Waals surface area (Å²) >= 11 is 0. The Hall–Kier alpha value is -1.72. The van der Waals surface area contributed by atoms with Crippen LogP contribution >= 0.6 is 0 Å². The summed E-state index contributed by atoms with van der Waals surface area (Å²) in [5, 5.41) is 4.01. The minimum absolute atomic E-state index is 0.226. The molecular formula is C19H32N2O4. The summed E-state index contributed by atoms with van der Waals surface area (Å²) < 4.78 is 16.6. The fourth-order valence-electron chi connectivity index (χ4n) is 2.70. The van der Waals surface area contributed by atoms with Gasteiger partial charge in [0.05, 0.1) is 6.61 Å². The Kier molecular flexibility index (Phi) is 6.36. The third-order valence-corrected chi connectivity index (χ3v) is 4.69. The number of likely N-dealkylation sites (tertiary alicyclic amines) is 1. The number of piperidine rings is 1. The van der Waals surface area contributed by atoms with E-state index in [2.05, 4.69) is 25.9 Å². The van der Waals surface area contributed by atoms with Gasteiger partial charge in [0.25, 0.3) is 5.88 Å². The molecule has 6 nitrogen and oxygen atoms in total. The molecule has 1 fully saturated rings. The van der Waals surface area contributed by atoms with Crippen molar-refractivity contribution in [2.75, 3.05) is 19.7 Å². The molecule has 0 aromatic carbocycles. The van der Waals surface area contributed by atoms with Crippen molar-refractivity contribution in [3.05, 3.63) is 11.8 Å². The topological polar surface area (TPSA) is 64.8 Å². The van der Waals surface area contributed by atoms with Gasteiger partial charge in [-0.15, -0.1) is 0 Å². The zero-order chi connectivity index (χ0) is 18.6. The first-order valence-corrected chi connectivity index (χ1v) is 9.23. The van der Waals surface area contributed by atoms with E-state index in [0.717, 1.165) is 18.6 Å². The van der Waals surface area contributed by atoms with Gasteiger partial charge >= 0.3 is 6.09 Å². The van der Waals surface area contributed by atoms with Crippen molar-refractivity contribution in [3.8, 4) is 5.88 Å². The number of hydrogen-bond donors (Lipinski definition) is 0. The predicted octanol–water partition coefficient (Wildman–Crippen LogP) is 4.46. The molecule has 1 aliphatic heterocycles. The lowest BCUT2D eigenvalue weighted by Crippen LogP contribution is -2.42. The van der Waals surface area contributed by atoms with Gasteiger partial charge in [0.2, 0.25) is 0 Å². The third-order valence-electron chi connectivity index (χ3n) is 4.69. The van der Waals surface area contributed by atoms with Gasteiger partial charge in [0.15, 0.2) is 0 Å². The number of carbonyl (C=O) groups is 1. The van der Waals surface area contributed by atoms with E-state index in [0.29, 0.717) is 43.3 Å². The highest BCUT2D eigenvalue weighted by atomic mass is 16.6. The molecule has 1 unspecified atom stereocenters. The van der Waals surface area contributed by atoms with Crippen LogP contribution in [0.1, 0.15) is 66.1 Å². The van der Waals surface area contributed by atoms with Gasteiger partial charge in [-0.25, -0.2) is 4.79 Å². The van der Waals surface area contributed by atoms with Gasteiger partial charge in [0, 0.05) is 25.1 Å². The van der Waals surface area contributed by atoms with Crippen LogP contribution in [0.2, 0.25) is 0 Å². The number of carbonyl (C=O) groups excluding carboxylic acids is 1. The number of hydrogen-bond acceptors (Lipinski definition) is 5. The second-order valence-electron chi connectivity index (χ2n) is 8.32. The molecule has 25 heavy (non-hydrogen) atoms. The minimum Gasteiger partial charge on any atom is -0.475 e. The fourth-order valence-corrected chi connectivity index (χ4v) is 2.70. The molecule has 1 amide bonds. The molecule has 0 bridgehead atoms. The van der Waals surface area contributed by atoms with Crippen molar-refractivity contribution in [2.45, 2.75) is 65.9 Å². The highest BCUT2D eigenvalue weighted by Crippen LogP contribution is 2.27. The lowest BCUT2D eigenvalue weighted by Gasteiger charge is -2.33. The average Bonchev–Trinajstić information content (AvgIpc) is 2.99. The van der Waals surface area contributed by atoms with Gasteiger partial charge in [-0.05, 0) is 50.6 Å². The molecule has 142 valence electrons. The monoisotopic (exact) mass is 352 g/mol.